The van der Waals surface area contributed by atoms with Gasteiger partial charge in [-0.05, 0) is 68.3 Å². The van der Waals surface area contributed by atoms with Crippen molar-refractivity contribution in [1.29, 1.82) is 0 Å². The highest BCUT2D eigenvalue weighted by Crippen LogP contribution is 2.27. The average molecular weight is 487 g/mol. The van der Waals surface area contributed by atoms with Gasteiger partial charge in [0.15, 0.2) is 5.78 Å². The molecule has 1 N–H and O–H groups in total. The summed E-state index contributed by atoms with van der Waals surface area (Å²) in [6.45, 7) is 5.36. The summed E-state index contributed by atoms with van der Waals surface area (Å²) in [6, 6.07) is 14.0. The van der Waals surface area contributed by atoms with Crippen LogP contribution in [0.3, 0.4) is 0 Å². The van der Waals surface area contributed by atoms with Crippen LogP contribution in [0.4, 0.5) is 10.2 Å². The third-order valence-electron chi connectivity index (χ3n) is 6.55. The molecule has 0 unspecified atom stereocenters. The molecule has 3 aromatic heterocycles. The quantitative estimate of drug-likeness (QED) is 0.310. The van der Waals surface area contributed by atoms with Gasteiger partial charge in [0.2, 0.25) is 11.9 Å². The van der Waals surface area contributed by atoms with Crippen molar-refractivity contribution in [2.24, 2.45) is 0 Å². The fourth-order valence-electron chi connectivity index (χ4n) is 4.77. The molecule has 1 amide bonds. The number of likely N-dealkylation sites (tertiary alicyclic amines) is 1. The van der Waals surface area contributed by atoms with Crippen LogP contribution in [0, 0.1) is 12.9 Å². The first-order valence-corrected chi connectivity index (χ1v) is 12.0. The zero-order valence-electron chi connectivity index (χ0n) is 20.2. The van der Waals surface area contributed by atoms with Crippen LogP contribution in [0.5, 0.6) is 0 Å². The van der Waals surface area contributed by atoms with Crippen LogP contribution < -0.4 is 5.32 Å². The first kappa shape index (κ1) is 23.7. The predicted octanol–water partition coefficient (Wildman–Crippen LogP) is 4.25. The minimum Gasteiger partial charge on any atom is -0.309 e. The van der Waals surface area contributed by atoms with Gasteiger partial charge < -0.3 is 5.32 Å². The van der Waals surface area contributed by atoms with Gasteiger partial charge in [-0.25, -0.2) is 9.97 Å². The zero-order valence-corrected chi connectivity index (χ0v) is 20.2. The molecule has 8 nitrogen and oxygen atoms in total. The van der Waals surface area contributed by atoms with Crippen LogP contribution in [0.2, 0.25) is 0 Å². The minimum absolute atomic E-state index is 0.0575. The lowest BCUT2D eigenvalue weighted by Gasteiger charge is -2.23. The summed E-state index contributed by atoms with van der Waals surface area (Å²) < 4.78 is 15.1. The van der Waals surface area contributed by atoms with Crippen molar-refractivity contribution in [1.82, 2.24) is 24.6 Å². The van der Waals surface area contributed by atoms with E-state index in [0.717, 1.165) is 47.1 Å². The van der Waals surface area contributed by atoms with Crippen LogP contribution in [-0.4, -0.2) is 55.5 Å². The Morgan fingerprint density at radius 1 is 1.11 bits per heavy atom. The summed E-state index contributed by atoms with van der Waals surface area (Å²) >= 11 is 0. The molecule has 0 radical (unpaired) electrons. The van der Waals surface area contributed by atoms with Gasteiger partial charge in [-0.1, -0.05) is 12.1 Å². The Bertz CT molecular complexity index is 1430. The lowest BCUT2D eigenvalue weighted by atomic mass is 10.0. The van der Waals surface area contributed by atoms with Crippen molar-refractivity contribution < 1.29 is 14.0 Å². The lowest BCUT2D eigenvalue weighted by Crippen LogP contribution is -2.41. The summed E-state index contributed by atoms with van der Waals surface area (Å²) in [5.74, 6) is -0.167. The van der Waals surface area contributed by atoms with Crippen molar-refractivity contribution in [3.63, 3.8) is 0 Å². The second-order valence-electron chi connectivity index (χ2n) is 9.08. The zero-order chi connectivity index (χ0) is 25.2. The summed E-state index contributed by atoms with van der Waals surface area (Å²) in [5, 5.41) is 8.28. The molecule has 1 aliphatic rings. The van der Waals surface area contributed by atoms with E-state index in [9.17, 15) is 14.0 Å². The van der Waals surface area contributed by atoms with Crippen molar-refractivity contribution in [3.8, 4) is 11.1 Å². The van der Waals surface area contributed by atoms with Crippen LogP contribution in [0.1, 0.15) is 35.9 Å². The molecular weight excluding hydrogens is 459 g/mol. The Labute approximate surface area is 208 Å². The molecule has 0 spiro atoms. The van der Waals surface area contributed by atoms with E-state index in [4.69, 9.17) is 0 Å². The highest BCUT2D eigenvalue weighted by Gasteiger charge is 2.31. The number of nitrogens with zero attached hydrogens (tertiary/aromatic N) is 5. The molecule has 36 heavy (non-hydrogen) atoms. The van der Waals surface area contributed by atoms with Gasteiger partial charge in [-0.3, -0.25) is 19.2 Å². The van der Waals surface area contributed by atoms with Gasteiger partial charge in [0.05, 0.1) is 18.1 Å². The van der Waals surface area contributed by atoms with Gasteiger partial charge in [-0.2, -0.15) is 9.49 Å². The number of amides is 1. The van der Waals surface area contributed by atoms with E-state index in [1.54, 1.807) is 12.1 Å². The molecule has 0 saturated carbocycles. The number of Topliss-reactive ketones (excluding diaryl/α,β-unsaturated/α-hetero) is 1. The predicted molar refractivity (Wildman–Crippen MR) is 135 cm³/mol. The molecule has 184 valence electrons. The molecule has 1 saturated heterocycles. The smallest absolute Gasteiger partial charge is 0.242 e. The number of halogens is 1. The third-order valence-corrected chi connectivity index (χ3v) is 6.55. The first-order valence-electron chi connectivity index (χ1n) is 12.0. The van der Waals surface area contributed by atoms with E-state index in [1.165, 1.54) is 19.2 Å². The molecule has 1 atom stereocenters. The Hall–Kier alpha value is -3.98. The summed E-state index contributed by atoms with van der Waals surface area (Å²) in [4.78, 5) is 35.6. The van der Waals surface area contributed by atoms with Gasteiger partial charge in [0.1, 0.15) is 11.5 Å². The van der Waals surface area contributed by atoms with Crippen molar-refractivity contribution in [3.05, 3.63) is 72.1 Å². The minimum atomic E-state index is -0.541. The number of rotatable bonds is 7. The number of fused-ring (bicyclic) bond motifs is 1. The van der Waals surface area contributed by atoms with E-state index in [1.807, 2.05) is 41.9 Å². The maximum absolute atomic E-state index is 13.2. The molecule has 1 aromatic carbocycles. The fourth-order valence-corrected chi connectivity index (χ4v) is 4.77. The Morgan fingerprint density at radius 2 is 1.94 bits per heavy atom. The average Bonchev–Trinajstić information content (AvgIpc) is 3.47. The van der Waals surface area contributed by atoms with E-state index in [-0.39, 0.29) is 17.7 Å². The maximum Gasteiger partial charge on any atom is 0.242 e. The number of pyridine rings is 2. The number of nitrogens with one attached hydrogen (secondary N) is 1. The number of benzene rings is 1. The number of aromatic nitrogens is 4. The number of anilines is 1. The molecule has 4 aromatic rings. The van der Waals surface area contributed by atoms with Gasteiger partial charge in [0.25, 0.3) is 0 Å². The van der Waals surface area contributed by atoms with Gasteiger partial charge in [-0.15, -0.1) is 0 Å². The highest BCUT2D eigenvalue weighted by molar-refractivity contribution is 6.05. The molecule has 0 aliphatic carbocycles. The monoisotopic (exact) mass is 486 g/mol. The molecule has 1 fully saturated rings. The summed E-state index contributed by atoms with van der Waals surface area (Å²) in [6.07, 6.45) is 3.19. The maximum atomic E-state index is 13.2. The third kappa shape index (κ3) is 4.87. The van der Waals surface area contributed by atoms with E-state index in [2.05, 4.69) is 25.3 Å². The molecular formula is C27H27FN6O2. The first-order chi connectivity index (χ1) is 17.4. The SMILES string of the molecule is CC(=O)c1nn(CCN2CCC[C@H]2C(=O)Nc2cccc(C)n2)c2ccc(-c3ccc(F)nc3)cc12. The van der Waals surface area contributed by atoms with Crippen LogP contribution >= 0.6 is 0 Å². The van der Waals surface area contributed by atoms with Crippen molar-refractivity contribution in [2.45, 2.75) is 39.3 Å². The second kappa shape index (κ2) is 9.94. The second-order valence-corrected chi connectivity index (χ2v) is 9.08. The number of ketones is 1. The van der Waals surface area contributed by atoms with Crippen LogP contribution in [0.25, 0.3) is 22.0 Å². The van der Waals surface area contributed by atoms with Crippen molar-refractivity contribution in [2.75, 3.05) is 18.4 Å². The topological polar surface area (TPSA) is 93.0 Å². The van der Waals surface area contributed by atoms with E-state index >= 15 is 0 Å². The lowest BCUT2D eigenvalue weighted by molar-refractivity contribution is -0.120. The Balaban J connectivity index is 1.34. The van der Waals surface area contributed by atoms with E-state index in [0.29, 0.717) is 24.6 Å². The van der Waals surface area contributed by atoms with Crippen LogP contribution in [-0.2, 0) is 11.3 Å². The largest absolute Gasteiger partial charge is 0.309 e. The summed E-state index contributed by atoms with van der Waals surface area (Å²) in [5.41, 5.74) is 3.67. The molecule has 9 heteroatoms. The molecule has 0 bridgehead atoms. The number of hydrogen-bond acceptors (Lipinski definition) is 6. The Kier molecular flexibility index (Phi) is 6.56. The van der Waals surface area contributed by atoms with Crippen molar-refractivity contribution >= 4 is 28.4 Å². The highest BCUT2D eigenvalue weighted by atomic mass is 19.1. The number of carbonyl (C=O) groups excluding carboxylic acids is 2. The number of aryl methyl sites for hydroxylation is 1. The molecule has 1 aliphatic heterocycles. The molecule has 4 heterocycles. The molecule has 5 rings (SSSR count). The van der Waals surface area contributed by atoms with Gasteiger partial charge in [0, 0.05) is 36.3 Å². The summed E-state index contributed by atoms with van der Waals surface area (Å²) in [7, 11) is 0. The standard InChI is InChI=1S/C27H27FN6O2/c1-17-5-3-7-25(30-17)31-27(36)23-6-4-12-33(23)13-14-34-22-10-8-19(20-9-11-24(28)29-16-20)15-21(22)26(32-34)18(2)35/h3,5,7-11,15-16,23H,4,6,12-14H2,1-2H3,(H,30,31,36)/t23-/m0/s1. The van der Waals surface area contributed by atoms with E-state index < -0.39 is 5.95 Å². The van der Waals surface area contributed by atoms with Gasteiger partial charge >= 0.3 is 0 Å². The number of carbonyl (C=O) groups is 2. The fraction of sp³-hybridized carbons (Fsp3) is 0.296. The normalized spacial score (nSPS) is 15.9. The Morgan fingerprint density at radius 3 is 2.69 bits per heavy atom. The number of hydrogen-bond donors (Lipinski definition) is 1. The van der Waals surface area contributed by atoms with Crippen LogP contribution in [0.15, 0.2) is 54.7 Å².